The zero-order chi connectivity index (χ0) is 23.1. The van der Waals surface area contributed by atoms with E-state index in [0.717, 1.165) is 31.7 Å². The van der Waals surface area contributed by atoms with Gasteiger partial charge in [-0.2, -0.15) is 13.2 Å². The third kappa shape index (κ3) is 4.59. The largest absolute Gasteiger partial charge is 0.417 e. The smallest absolute Gasteiger partial charge is 0.352 e. The number of rotatable bonds is 6. The molecule has 0 aromatic heterocycles. The van der Waals surface area contributed by atoms with Crippen molar-refractivity contribution < 1.29 is 26.4 Å². The summed E-state index contributed by atoms with van der Waals surface area (Å²) < 4.78 is 67.5. The maximum Gasteiger partial charge on any atom is 0.417 e. The van der Waals surface area contributed by atoms with Crippen LogP contribution < -0.4 is 9.62 Å². The summed E-state index contributed by atoms with van der Waals surface area (Å²) in [5.41, 5.74) is -1.45. The molecule has 0 spiro atoms. The molecular formula is C22H22ClF3N2O3S. The van der Waals surface area contributed by atoms with Crippen LogP contribution in [0.4, 0.5) is 18.9 Å². The number of alkyl halides is 3. The average molecular weight is 487 g/mol. The van der Waals surface area contributed by atoms with Crippen LogP contribution in [0.15, 0.2) is 53.4 Å². The van der Waals surface area contributed by atoms with Gasteiger partial charge < -0.3 is 5.32 Å². The van der Waals surface area contributed by atoms with Crippen molar-refractivity contribution in [3.63, 3.8) is 0 Å². The Hall–Kier alpha value is -2.26. The summed E-state index contributed by atoms with van der Waals surface area (Å²) >= 11 is 5.70. The minimum Gasteiger partial charge on any atom is -0.352 e. The Bertz CT molecular complexity index is 1110. The molecule has 1 N–H and O–H groups in total. The van der Waals surface area contributed by atoms with Crippen LogP contribution >= 0.6 is 11.6 Å². The third-order valence-corrected chi connectivity index (χ3v) is 8.36. The van der Waals surface area contributed by atoms with Crippen LogP contribution in [-0.4, -0.2) is 26.9 Å². The fourth-order valence-corrected chi connectivity index (χ4v) is 6.38. The molecule has 3 atom stereocenters. The van der Waals surface area contributed by atoms with Gasteiger partial charge in [0.2, 0.25) is 5.91 Å². The van der Waals surface area contributed by atoms with E-state index < -0.39 is 39.2 Å². The summed E-state index contributed by atoms with van der Waals surface area (Å²) in [6.45, 7) is -0.635. The summed E-state index contributed by atoms with van der Waals surface area (Å²) in [4.78, 5) is 12.7. The van der Waals surface area contributed by atoms with Crippen LogP contribution in [0, 0.1) is 11.8 Å². The number of carbonyl (C=O) groups excluding carboxylic acids is 1. The van der Waals surface area contributed by atoms with Crippen LogP contribution in [0.1, 0.15) is 31.2 Å². The molecule has 0 unspecified atom stereocenters. The molecule has 0 aliphatic heterocycles. The summed E-state index contributed by atoms with van der Waals surface area (Å²) in [6, 6.07) is 10.1. The summed E-state index contributed by atoms with van der Waals surface area (Å²) in [5.74, 6) is 0.390. The van der Waals surface area contributed by atoms with E-state index in [0.29, 0.717) is 22.2 Å². The van der Waals surface area contributed by atoms with E-state index in [-0.39, 0.29) is 16.6 Å². The Morgan fingerprint density at radius 2 is 1.81 bits per heavy atom. The summed E-state index contributed by atoms with van der Waals surface area (Å²) in [5, 5.41) is 2.35. The van der Waals surface area contributed by atoms with Gasteiger partial charge in [-0.25, -0.2) is 8.42 Å². The highest BCUT2D eigenvalue weighted by Gasteiger charge is 2.41. The number of amides is 1. The molecular weight excluding hydrogens is 465 g/mol. The van der Waals surface area contributed by atoms with Gasteiger partial charge in [0.25, 0.3) is 10.0 Å². The topological polar surface area (TPSA) is 66.5 Å². The lowest BCUT2D eigenvalue weighted by molar-refractivity contribution is -0.137. The van der Waals surface area contributed by atoms with Crippen molar-refractivity contribution in [1.82, 2.24) is 5.32 Å². The molecule has 0 radical (unpaired) electrons. The molecule has 2 aromatic carbocycles. The van der Waals surface area contributed by atoms with E-state index in [1.807, 2.05) is 0 Å². The Balaban J connectivity index is 1.67. The monoisotopic (exact) mass is 486 g/mol. The first-order valence-electron chi connectivity index (χ1n) is 10.3. The number of fused-ring (bicyclic) bond motifs is 2. The Morgan fingerprint density at radius 1 is 1.09 bits per heavy atom. The van der Waals surface area contributed by atoms with Crippen molar-refractivity contribution in [2.45, 2.75) is 42.8 Å². The maximum atomic E-state index is 13.4. The van der Waals surface area contributed by atoms with Crippen LogP contribution in [0.5, 0.6) is 0 Å². The molecule has 2 bridgehead atoms. The molecule has 32 heavy (non-hydrogen) atoms. The molecule has 2 saturated carbocycles. The van der Waals surface area contributed by atoms with E-state index >= 15 is 0 Å². The van der Waals surface area contributed by atoms with Gasteiger partial charge in [0.05, 0.1) is 21.2 Å². The van der Waals surface area contributed by atoms with Crippen LogP contribution in [0.25, 0.3) is 0 Å². The first-order chi connectivity index (χ1) is 15.1. The standard InChI is InChI=1S/C22H22ClF3N2O3S/c23-19-9-8-16(12-18(19)22(24,25)26)28(32(30,31)17-4-2-1-3-5-17)13-21(29)27-20-11-14-6-7-15(20)10-14/h1-5,8-9,12,14-15,20H,6-7,10-11,13H2,(H,27,29)/t14-,15-,20+/m1/s1. The second-order valence-corrected chi connectivity index (χ2v) is 10.6. The highest BCUT2D eigenvalue weighted by atomic mass is 35.5. The number of nitrogens with one attached hydrogen (secondary N) is 1. The lowest BCUT2D eigenvalue weighted by atomic mass is 9.95. The number of sulfonamides is 1. The van der Waals surface area contributed by atoms with Crippen molar-refractivity contribution in [3.05, 3.63) is 59.1 Å². The van der Waals surface area contributed by atoms with Gasteiger partial charge in [-0.1, -0.05) is 36.2 Å². The van der Waals surface area contributed by atoms with Crippen LogP contribution in [0.3, 0.4) is 0 Å². The number of anilines is 1. The molecule has 4 rings (SSSR count). The number of hydrogen-bond donors (Lipinski definition) is 1. The van der Waals surface area contributed by atoms with E-state index in [4.69, 9.17) is 11.6 Å². The second kappa shape index (κ2) is 8.59. The number of carbonyl (C=O) groups is 1. The summed E-state index contributed by atoms with van der Waals surface area (Å²) in [6.07, 6.45) is -0.727. The molecule has 2 aromatic rings. The highest BCUT2D eigenvalue weighted by Crippen LogP contribution is 2.44. The normalized spacial score (nSPS) is 22.7. The molecule has 2 aliphatic carbocycles. The zero-order valence-corrected chi connectivity index (χ0v) is 18.6. The van der Waals surface area contributed by atoms with E-state index in [1.165, 1.54) is 30.3 Å². The first kappa shape index (κ1) is 22.9. The van der Waals surface area contributed by atoms with Gasteiger partial charge in [0, 0.05) is 6.04 Å². The highest BCUT2D eigenvalue weighted by molar-refractivity contribution is 7.92. The van der Waals surface area contributed by atoms with Crippen molar-refractivity contribution in [1.29, 1.82) is 0 Å². The minimum absolute atomic E-state index is 0.0292. The predicted octanol–water partition coefficient (Wildman–Crippen LogP) is 4.86. The van der Waals surface area contributed by atoms with E-state index in [9.17, 15) is 26.4 Å². The van der Waals surface area contributed by atoms with Gasteiger partial charge in [-0.15, -0.1) is 0 Å². The number of halogens is 4. The quantitative estimate of drug-likeness (QED) is 0.634. The predicted molar refractivity (Wildman–Crippen MR) is 115 cm³/mol. The summed E-state index contributed by atoms with van der Waals surface area (Å²) in [7, 11) is -4.31. The number of hydrogen-bond acceptors (Lipinski definition) is 3. The molecule has 0 saturated heterocycles. The average Bonchev–Trinajstić information content (AvgIpc) is 3.35. The Kier molecular flexibility index (Phi) is 6.15. The lowest BCUT2D eigenvalue weighted by Crippen LogP contribution is -2.46. The zero-order valence-electron chi connectivity index (χ0n) is 17.0. The van der Waals surface area contributed by atoms with Crippen molar-refractivity contribution in [2.24, 2.45) is 11.8 Å². The fraction of sp³-hybridized carbons (Fsp3) is 0.409. The lowest BCUT2D eigenvalue weighted by Gasteiger charge is -2.27. The number of nitrogens with zero attached hydrogens (tertiary/aromatic N) is 1. The molecule has 10 heteroatoms. The second-order valence-electron chi connectivity index (χ2n) is 8.34. The van der Waals surface area contributed by atoms with Crippen molar-refractivity contribution in [2.75, 3.05) is 10.8 Å². The molecule has 2 aliphatic rings. The molecule has 0 heterocycles. The Morgan fingerprint density at radius 3 is 2.41 bits per heavy atom. The molecule has 2 fully saturated rings. The van der Waals surface area contributed by atoms with Gasteiger partial charge in [-0.3, -0.25) is 9.10 Å². The molecule has 5 nitrogen and oxygen atoms in total. The maximum absolute atomic E-state index is 13.4. The molecule has 1 amide bonds. The number of benzene rings is 2. The van der Waals surface area contributed by atoms with Crippen LogP contribution in [-0.2, 0) is 21.0 Å². The van der Waals surface area contributed by atoms with Gasteiger partial charge >= 0.3 is 6.18 Å². The fourth-order valence-electron chi connectivity index (χ4n) is 4.72. The molecule has 172 valence electrons. The first-order valence-corrected chi connectivity index (χ1v) is 12.1. The van der Waals surface area contributed by atoms with Crippen LogP contribution in [0.2, 0.25) is 5.02 Å². The van der Waals surface area contributed by atoms with Crippen molar-refractivity contribution in [3.8, 4) is 0 Å². The van der Waals surface area contributed by atoms with Gasteiger partial charge in [-0.05, 0) is 61.4 Å². The SMILES string of the molecule is O=C(CN(c1ccc(Cl)c(C(F)(F)F)c1)S(=O)(=O)c1ccccc1)N[C@H]1C[C@@H]2CC[C@@H]1C2. The minimum atomic E-state index is -4.78. The van der Waals surface area contributed by atoms with E-state index in [2.05, 4.69) is 5.32 Å². The Labute approximate surface area is 189 Å². The van der Waals surface area contributed by atoms with E-state index in [1.54, 1.807) is 6.07 Å². The third-order valence-electron chi connectivity index (χ3n) is 6.25. The van der Waals surface area contributed by atoms with Crippen molar-refractivity contribution >= 4 is 33.2 Å². The van der Waals surface area contributed by atoms with Gasteiger partial charge in [0.15, 0.2) is 0 Å². The van der Waals surface area contributed by atoms with Gasteiger partial charge in [0.1, 0.15) is 6.54 Å².